The molecule has 0 unspecified atom stereocenters. The smallest absolute Gasteiger partial charge is 0.403 e. The number of carbonyl (C=O) groups is 2. The van der Waals surface area contributed by atoms with Crippen molar-refractivity contribution in [3.63, 3.8) is 0 Å². The summed E-state index contributed by atoms with van der Waals surface area (Å²) in [6.07, 6.45) is -2.29. The van der Waals surface area contributed by atoms with Crippen LogP contribution >= 0.6 is 0 Å². The molecule has 10 nitrogen and oxygen atoms in total. The van der Waals surface area contributed by atoms with Crippen LogP contribution in [0.1, 0.15) is 37.7 Å². The molecule has 40 heavy (non-hydrogen) atoms. The van der Waals surface area contributed by atoms with Crippen molar-refractivity contribution in [1.29, 1.82) is 5.26 Å². The van der Waals surface area contributed by atoms with Crippen molar-refractivity contribution in [2.24, 2.45) is 5.41 Å². The molecule has 1 N–H and O–H groups in total. The van der Waals surface area contributed by atoms with Gasteiger partial charge in [-0.05, 0) is 56.2 Å². The normalized spacial score (nSPS) is 22.8. The maximum absolute atomic E-state index is 13.8. The minimum atomic E-state index is -4.83. The minimum absolute atomic E-state index is 0.0585. The van der Waals surface area contributed by atoms with Crippen LogP contribution in [-0.4, -0.2) is 71.8 Å². The van der Waals surface area contributed by atoms with Crippen LogP contribution in [0.5, 0.6) is 6.01 Å². The van der Waals surface area contributed by atoms with Gasteiger partial charge in [-0.3, -0.25) is 9.59 Å². The third-order valence-electron chi connectivity index (χ3n) is 7.92. The Hall–Kier alpha value is -3.73. The first-order valence-electron chi connectivity index (χ1n) is 12.6. The van der Waals surface area contributed by atoms with E-state index in [1.54, 1.807) is 19.1 Å². The Kier molecular flexibility index (Phi) is 6.56. The van der Waals surface area contributed by atoms with Gasteiger partial charge in [-0.15, -0.1) is 0 Å². The Balaban J connectivity index is 1.44. The number of halogens is 3. The SMILES string of the molecule is COc1ncc(-c2ccc(S(=O)(=O)[C@@H]3C[C@@H](C(=O)NC4(C#N)CC4)N(C(=O)C4(C(F)(F)F)CC4)C3)c(C)c2)cn1. The van der Waals surface area contributed by atoms with Gasteiger partial charge >= 0.3 is 12.2 Å². The highest BCUT2D eigenvalue weighted by molar-refractivity contribution is 7.92. The maximum atomic E-state index is 13.8. The molecule has 3 fully saturated rings. The molecule has 2 aromatic rings. The van der Waals surface area contributed by atoms with Gasteiger partial charge in [0.05, 0.1) is 23.3 Å². The molecular weight excluding hydrogens is 551 g/mol. The number of alkyl halides is 3. The van der Waals surface area contributed by atoms with E-state index in [1.165, 1.54) is 25.6 Å². The Morgan fingerprint density at radius 3 is 2.30 bits per heavy atom. The monoisotopic (exact) mass is 577 g/mol. The summed E-state index contributed by atoms with van der Waals surface area (Å²) in [6.45, 7) is 1.01. The maximum Gasteiger partial charge on any atom is 0.403 e. The topological polar surface area (TPSA) is 142 Å². The molecule has 2 aliphatic carbocycles. The first kappa shape index (κ1) is 27.8. The lowest BCUT2D eigenvalue weighted by Crippen LogP contribution is -2.53. The number of ether oxygens (including phenoxy) is 1. The van der Waals surface area contributed by atoms with Crippen molar-refractivity contribution in [1.82, 2.24) is 20.2 Å². The van der Waals surface area contributed by atoms with E-state index in [1.807, 2.05) is 6.07 Å². The number of nitrogens with zero attached hydrogens (tertiary/aromatic N) is 4. The summed E-state index contributed by atoms with van der Waals surface area (Å²) in [7, 11) is -2.76. The van der Waals surface area contributed by atoms with Gasteiger partial charge in [0.15, 0.2) is 9.84 Å². The number of methoxy groups -OCH3 is 1. The van der Waals surface area contributed by atoms with E-state index in [-0.39, 0.29) is 17.3 Å². The molecule has 1 aromatic heterocycles. The molecular formula is C26H26F3N5O5S. The van der Waals surface area contributed by atoms with E-state index in [9.17, 15) is 36.4 Å². The van der Waals surface area contributed by atoms with Crippen molar-refractivity contribution in [3.8, 4) is 23.2 Å². The number of hydrogen-bond acceptors (Lipinski definition) is 8. The van der Waals surface area contributed by atoms with Crippen LogP contribution in [-0.2, 0) is 19.4 Å². The lowest BCUT2D eigenvalue weighted by molar-refractivity contribution is -0.199. The Labute approximate surface area is 228 Å². The third kappa shape index (κ3) is 4.66. The number of sulfone groups is 1. The molecule has 2 amide bonds. The predicted octanol–water partition coefficient (Wildman–Crippen LogP) is 2.72. The second-order valence-electron chi connectivity index (χ2n) is 10.6. The van der Waals surface area contributed by atoms with Gasteiger partial charge in [-0.25, -0.2) is 18.4 Å². The van der Waals surface area contributed by atoms with Gasteiger partial charge in [-0.2, -0.15) is 18.4 Å². The van der Waals surface area contributed by atoms with E-state index in [0.29, 0.717) is 29.5 Å². The lowest BCUT2D eigenvalue weighted by atomic mass is 10.0. The van der Waals surface area contributed by atoms with E-state index >= 15 is 0 Å². The zero-order valence-corrected chi connectivity index (χ0v) is 22.5. The molecule has 0 radical (unpaired) electrons. The summed E-state index contributed by atoms with van der Waals surface area (Å²) >= 11 is 0. The average Bonchev–Trinajstić information content (AvgIpc) is 3.84. The summed E-state index contributed by atoms with van der Waals surface area (Å²) in [6, 6.07) is 5.24. The first-order chi connectivity index (χ1) is 18.8. The molecule has 5 rings (SSSR count). The second kappa shape index (κ2) is 9.43. The number of likely N-dealkylation sites (tertiary alicyclic amines) is 1. The van der Waals surface area contributed by atoms with Gasteiger partial charge in [-0.1, -0.05) is 12.1 Å². The van der Waals surface area contributed by atoms with E-state index in [2.05, 4.69) is 15.3 Å². The fraction of sp³-hybridized carbons (Fsp3) is 0.500. The molecule has 2 saturated carbocycles. The number of amides is 2. The second-order valence-corrected chi connectivity index (χ2v) is 12.8. The molecule has 0 spiro atoms. The lowest BCUT2D eigenvalue weighted by Gasteiger charge is -2.29. The van der Waals surface area contributed by atoms with E-state index in [4.69, 9.17) is 4.74 Å². The number of aryl methyl sites for hydroxylation is 1. The van der Waals surface area contributed by atoms with Crippen LogP contribution in [0, 0.1) is 23.7 Å². The van der Waals surface area contributed by atoms with Gasteiger partial charge in [0.25, 0.3) is 0 Å². The highest BCUT2D eigenvalue weighted by Crippen LogP contribution is 2.59. The number of benzene rings is 1. The van der Waals surface area contributed by atoms with Crippen LogP contribution in [0.4, 0.5) is 13.2 Å². The fourth-order valence-electron chi connectivity index (χ4n) is 5.12. The Morgan fingerprint density at radius 2 is 1.80 bits per heavy atom. The number of carbonyl (C=O) groups excluding carboxylic acids is 2. The van der Waals surface area contributed by atoms with Crippen LogP contribution < -0.4 is 10.1 Å². The summed E-state index contributed by atoms with van der Waals surface area (Å²) < 4.78 is 73.9. The molecule has 3 aliphatic rings. The van der Waals surface area contributed by atoms with Crippen LogP contribution in [0.3, 0.4) is 0 Å². The zero-order chi connectivity index (χ0) is 29.1. The van der Waals surface area contributed by atoms with Crippen LogP contribution in [0.2, 0.25) is 0 Å². The predicted molar refractivity (Wildman–Crippen MR) is 133 cm³/mol. The Bertz CT molecular complexity index is 1510. The number of nitriles is 1. The van der Waals surface area contributed by atoms with E-state index < -0.39 is 69.5 Å². The highest BCUT2D eigenvalue weighted by Gasteiger charge is 2.70. The van der Waals surface area contributed by atoms with Crippen LogP contribution in [0.15, 0.2) is 35.5 Å². The molecule has 1 saturated heterocycles. The molecule has 2 atom stereocenters. The van der Waals surface area contributed by atoms with Gasteiger partial charge in [0.2, 0.25) is 11.8 Å². The molecule has 1 aromatic carbocycles. The van der Waals surface area contributed by atoms with E-state index in [0.717, 1.165) is 4.90 Å². The number of aromatic nitrogens is 2. The first-order valence-corrected chi connectivity index (χ1v) is 14.1. The van der Waals surface area contributed by atoms with Crippen molar-refractivity contribution in [2.45, 2.75) is 66.9 Å². The van der Waals surface area contributed by atoms with Crippen molar-refractivity contribution >= 4 is 21.7 Å². The standard InChI is InChI=1S/C26H26F3N5O5S/c1-15-9-16(17-11-31-23(39-2)32-12-17)3-4-20(15)40(37,38)18-10-19(21(35)33-24(14-30)5-6-24)34(13-18)22(36)25(7-8-25)26(27,28)29/h3-4,9,11-12,18-19H,5-8,10,13H2,1-2H3,(H,33,35)/t18-,19+/m1/s1. The molecule has 14 heteroatoms. The largest absolute Gasteiger partial charge is 0.467 e. The summed E-state index contributed by atoms with van der Waals surface area (Å²) in [5, 5.41) is 10.6. The highest BCUT2D eigenvalue weighted by atomic mass is 32.2. The molecule has 0 bridgehead atoms. The molecule has 212 valence electrons. The average molecular weight is 578 g/mol. The number of rotatable bonds is 7. The van der Waals surface area contributed by atoms with Crippen molar-refractivity contribution in [3.05, 3.63) is 36.2 Å². The van der Waals surface area contributed by atoms with Gasteiger partial charge in [0.1, 0.15) is 17.0 Å². The third-order valence-corrected chi connectivity index (χ3v) is 10.2. The molecule has 2 heterocycles. The quantitative estimate of drug-likeness (QED) is 0.530. The number of nitrogens with one attached hydrogen (secondary N) is 1. The molecule has 1 aliphatic heterocycles. The van der Waals surface area contributed by atoms with Gasteiger partial charge < -0.3 is 15.0 Å². The summed E-state index contributed by atoms with van der Waals surface area (Å²) in [5.41, 5.74) is -2.15. The van der Waals surface area contributed by atoms with Gasteiger partial charge in [0, 0.05) is 24.5 Å². The summed E-state index contributed by atoms with van der Waals surface area (Å²) in [5.74, 6) is -2.12. The van der Waals surface area contributed by atoms with Crippen LogP contribution in [0.25, 0.3) is 11.1 Å². The Morgan fingerprint density at radius 1 is 1.15 bits per heavy atom. The zero-order valence-electron chi connectivity index (χ0n) is 21.7. The van der Waals surface area contributed by atoms with Crippen molar-refractivity contribution in [2.75, 3.05) is 13.7 Å². The van der Waals surface area contributed by atoms with Crippen molar-refractivity contribution < 1.29 is 35.9 Å². The number of hydrogen-bond donors (Lipinski definition) is 1. The summed E-state index contributed by atoms with van der Waals surface area (Å²) in [4.78, 5) is 35.1. The minimum Gasteiger partial charge on any atom is -0.467 e. The fourth-order valence-corrected chi connectivity index (χ4v) is 7.04.